The molecule has 8 heteroatoms. The van der Waals surface area contributed by atoms with Gasteiger partial charge in [0.15, 0.2) is 0 Å². The molecule has 132 valence electrons. The summed E-state index contributed by atoms with van der Waals surface area (Å²) < 4.78 is 38.8. The number of nitrogens with one attached hydrogen (secondary N) is 1. The van der Waals surface area contributed by atoms with Crippen molar-refractivity contribution < 1.29 is 18.0 Å². The van der Waals surface area contributed by atoms with E-state index >= 15 is 0 Å². The Balaban J connectivity index is 1.59. The Bertz CT molecular complexity index is 842. The summed E-state index contributed by atoms with van der Waals surface area (Å²) >= 11 is 0. The molecule has 0 radical (unpaired) electrons. The summed E-state index contributed by atoms with van der Waals surface area (Å²) in [6.45, 7) is 0.365. The lowest BCUT2D eigenvalue weighted by Crippen LogP contribution is -2.32. The lowest BCUT2D eigenvalue weighted by atomic mass is 10.1. The average molecular weight is 351 g/mol. The lowest BCUT2D eigenvalue weighted by Gasteiger charge is -2.09. The molecule has 0 bridgehead atoms. The van der Waals surface area contributed by atoms with Gasteiger partial charge in [-0.1, -0.05) is 0 Å². The van der Waals surface area contributed by atoms with Crippen molar-refractivity contribution in [3.8, 4) is 0 Å². The van der Waals surface area contributed by atoms with Crippen molar-refractivity contribution in [2.75, 3.05) is 6.54 Å². The Labute approximate surface area is 141 Å². The zero-order chi connectivity index (χ0) is 18.0. The van der Waals surface area contributed by atoms with Crippen LogP contribution in [-0.4, -0.2) is 22.2 Å². The van der Waals surface area contributed by atoms with Crippen LogP contribution in [0.15, 0.2) is 35.1 Å². The number of aromatic nitrogens is 2. The number of alkyl halides is 3. The van der Waals surface area contributed by atoms with E-state index in [1.807, 2.05) is 0 Å². The average Bonchev–Trinajstić information content (AvgIpc) is 3.01. The first kappa shape index (κ1) is 17.2. The molecule has 1 amide bonds. The predicted octanol–water partition coefficient (Wildman–Crippen LogP) is 2.18. The topological polar surface area (TPSA) is 64.0 Å². The Hall–Kier alpha value is -2.64. The van der Waals surface area contributed by atoms with Crippen molar-refractivity contribution in [3.63, 3.8) is 0 Å². The highest BCUT2D eigenvalue weighted by molar-refractivity contribution is 5.94. The monoisotopic (exact) mass is 351 g/mol. The number of halogens is 3. The number of hydrogen-bond acceptors (Lipinski definition) is 3. The van der Waals surface area contributed by atoms with Gasteiger partial charge < -0.3 is 5.32 Å². The summed E-state index contributed by atoms with van der Waals surface area (Å²) in [6, 6.07) is 5.55. The quantitative estimate of drug-likeness (QED) is 0.918. The van der Waals surface area contributed by atoms with E-state index in [4.69, 9.17) is 0 Å². The number of benzene rings is 1. The zero-order valence-corrected chi connectivity index (χ0v) is 13.3. The summed E-state index contributed by atoms with van der Waals surface area (Å²) in [7, 11) is 0. The molecule has 0 saturated heterocycles. The molecular weight excluding hydrogens is 335 g/mol. The van der Waals surface area contributed by atoms with Gasteiger partial charge in [0, 0.05) is 18.2 Å². The third-order valence-electron chi connectivity index (χ3n) is 4.11. The molecule has 0 fully saturated rings. The zero-order valence-electron chi connectivity index (χ0n) is 13.3. The van der Waals surface area contributed by atoms with Crippen LogP contribution < -0.4 is 10.9 Å². The molecule has 1 aromatic carbocycles. The number of hydrogen-bond donors (Lipinski definition) is 1. The number of fused-ring (bicyclic) bond motifs is 1. The first-order valence-electron chi connectivity index (χ1n) is 7.90. The van der Waals surface area contributed by atoms with Crippen molar-refractivity contribution in [1.82, 2.24) is 15.1 Å². The van der Waals surface area contributed by atoms with Crippen LogP contribution in [-0.2, 0) is 25.6 Å². The molecule has 1 aliphatic carbocycles. The Morgan fingerprint density at radius 2 is 1.92 bits per heavy atom. The van der Waals surface area contributed by atoms with E-state index in [1.165, 1.54) is 4.68 Å². The maximum absolute atomic E-state index is 12.5. The molecule has 0 spiro atoms. The van der Waals surface area contributed by atoms with Crippen LogP contribution in [0.1, 0.15) is 33.6 Å². The number of carbonyl (C=O) groups excluding carboxylic acids is 1. The van der Waals surface area contributed by atoms with Gasteiger partial charge in [-0.2, -0.15) is 18.3 Å². The van der Waals surface area contributed by atoms with Gasteiger partial charge in [0.25, 0.3) is 11.5 Å². The van der Waals surface area contributed by atoms with Gasteiger partial charge >= 0.3 is 6.18 Å². The molecule has 2 aromatic rings. The van der Waals surface area contributed by atoms with Crippen LogP contribution in [0.4, 0.5) is 13.2 Å². The molecule has 25 heavy (non-hydrogen) atoms. The van der Waals surface area contributed by atoms with Crippen LogP contribution >= 0.6 is 0 Å². The predicted molar refractivity (Wildman–Crippen MR) is 84.3 cm³/mol. The summed E-state index contributed by atoms with van der Waals surface area (Å²) in [5.41, 5.74) is 0.994. The Morgan fingerprint density at radius 3 is 2.60 bits per heavy atom. The molecule has 3 rings (SSSR count). The second-order valence-corrected chi connectivity index (χ2v) is 5.86. The molecule has 0 unspecified atom stereocenters. The van der Waals surface area contributed by atoms with Crippen LogP contribution in [0, 0.1) is 0 Å². The van der Waals surface area contributed by atoms with E-state index in [9.17, 15) is 22.8 Å². The second kappa shape index (κ2) is 6.70. The van der Waals surface area contributed by atoms with Gasteiger partial charge in [-0.15, -0.1) is 0 Å². The number of aryl methyl sites for hydroxylation is 2. The fourth-order valence-electron chi connectivity index (χ4n) is 2.79. The summed E-state index contributed by atoms with van der Waals surface area (Å²) in [4.78, 5) is 23.9. The van der Waals surface area contributed by atoms with Crippen LogP contribution in [0.5, 0.6) is 0 Å². The fraction of sp³-hybridized carbons (Fsp3) is 0.353. The smallest absolute Gasteiger partial charge is 0.350 e. The van der Waals surface area contributed by atoms with E-state index in [0.29, 0.717) is 0 Å². The number of nitrogens with zero attached hydrogens (tertiary/aromatic N) is 2. The molecule has 0 atom stereocenters. The number of rotatable bonds is 4. The maximum atomic E-state index is 12.5. The summed E-state index contributed by atoms with van der Waals surface area (Å²) in [5.74, 6) is -0.497. The SMILES string of the molecule is O=C(NCCn1nc2c(cc1=O)CCC2)c1ccc(C(F)(F)F)cc1. The molecular formula is C17H16F3N3O2. The number of carbonyl (C=O) groups is 1. The summed E-state index contributed by atoms with van der Waals surface area (Å²) in [6.07, 6.45) is -1.75. The highest BCUT2D eigenvalue weighted by atomic mass is 19.4. The molecule has 1 aromatic heterocycles. The minimum atomic E-state index is -4.44. The Kier molecular flexibility index (Phi) is 4.61. The van der Waals surface area contributed by atoms with Gasteiger partial charge in [0.1, 0.15) is 0 Å². The van der Waals surface area contributed by atoms with Crippen molar-refractivity contribution in [3.05, 3.63) is 63.1 Å². The molecule has 1 aliphatic rings. The minimum absolute atomic E-state index is 0.127. The highest BCUT2D eigenvalue weighted by Crippen LogP contribution is 2.29. The third kappa shape index (κ3) is 3.89. The van der Waals surface area contributed by atoms with Gasteiger partial charge in [-0.25, -0.2) is 4.68 Å². The fourth-order valence-corrected chi connectivity index (χ4v) is 2.79. The maximum Gasteiger partial charge on any atom is 0.416 e. The first-order chi connectivity index (χ1) is 11.8. The summed E-state index contributed by atoms with van der Waals surface area (Å²) in [5, 5.41) is 6.87. The molecule has 1 N–H and O–H groups in total. The third-order valence-corrected chi connectivity index (χ3v) is 4.11. The van der Waals surface area contributed by atoms with Crippen molar-refractivity contribution in [2.45, 2.75) is 32.0 Å². The van der Waals surface area contributed by atoms with E-state index in [-0.39, 0.29) is 24.2 Å². The Morgan fingerprint density at radius 1 is 1.20 bits per heavy atom. The molecule has 1 heterocycles. The lowest BCUT2D eigenvalue weighted by molar-refractivity contribution is -0.137. The van der Waals surface area contributed by atoms with E-state index in [2.05, 4.69) is 10.4 Å². The molecule has 5 nitrogen and oxygen atoms in total. The standard InChI is InChI=1S/C17H16F3N3O2/c18-17(19,20)13-6-4-11(5-7-13)16(25)21-8-9-23-15(24)10-12-2-1-3-14(12)22-23/h4-7,10H,1-3,8-9H2,(H,21,25). The van der Waals surface area contributed by atoms with Crippen molar-refractivity contribution in [1.29, 1.82) is 0 Å². The minimum Gasteiger partial charge on any atom is -0.350 e. The van der Waals surface area contributed by atoms with Crippen LogP contribution in [0.3, 0.4) is 0 Å². The first-order valence-corrected chi connectivity index (χ1v) is 7.90. The molecule has 0 aliphatic heterocycles. The van der Waals surface area contributed by atoms with Crippen LogP contribution in [0.25, 0.3) is 0 Å². The molecule has 0 saturated carbocycles. The van der Waals surface area contributed by atoms with E-state index in [1.54, 1.807) is 6.07 Å². The van der Waals surface area contributed by atoms with E-state index in [0.717, 1.165) is 54.8 Å². The number of amides is 1. The largest absolute Gasteiger partial charge is 0.416 e. The van der Waals surface area contributed by atoms with Crippen molar-refractivity contribution >= 4 is 5.91 Å². The van der Waals surface area contributed by atoms with Gasteiger partial charge in [-0.3, -0.25) is 9.59 Å². The second-order valence-electron chi connectivity index (χ2n) is 5.86. The highest BCUT2D eigenvalue weighted by Gasteiger charge is 2.30. The van der Waals surface area contributed by atoms with Crippen LogP contribution in [0.2, 0.25) is 0 Å². The van der Waals surface area contributed by atoms with Gasteiger partial charge in [0.05, 0.1) is 17.8 Å². The van der Waals surface area contributed by atoms with Gasteiger partial charge in [-0.05, 0) is 49.1 Å². The van der Waals surface area contributed by atoms with Gasteiger partial charge in [0.2, 0.25) is 0 Å². The van der Waals surface area contributed by atoms with Crippen molar-refractivity contribution in [2.24, 2.45) is 0 Å². The van der Waals surface area contributed by atoms with E-state index < -0.39 is 17.6 Å². The normalized spacial score (nSPS) is 13.6.